The standard InChI is InChI=1S/C16H21NO3/c1-9-5-4-6-12(9)17-15(18)13-10(2)7-8-11(3)14(13)16(19)20/h7-9,12H,4-6H2,1-3H3,(H,17,18)(H,19,20). The quantitative estimate of drug-likeness (QED) is 0.891. The molecule has 4 nitrogen and oxygen atoms in total. The lowest BCUT2D eigenvalue weighted by atomic mass is 9.96. The van der Waals surface area contributed by atoms with Gasteiger partial charge in [0.05, 0.1) is 11.1 Å². The molecule has 0 heterocycles. The summed E-state index contributed by atoms with van der Waals surface area (Å²) in [6.07, 6.45) is 3.20. The Morgan fingerprint density at radius 3 is 2.25 bits per heavy atom. The Kier molecular flexibility index (Phi) is 4.12. The van der Waals surface area contributed by atoms with E-state index in [0.29, 0.717) is 22.6 Å². The maximum Gasteiger partial charge on any atom is 0.336 e. The van der Waals surface area contributed by atoms with Crippen LogP contribution in [0, 0.1) is 19.8 Å². The highest BCUT2D eigenvalue weighted by Crippen LogP contribution is 2.26. The number of carboxylic acid groups (broad SMARTS) is 1. The molecule has 0 spiro atoms. The van der Waals surface area contributed by atoms with Gasteiger partial charge in [-0.3, -0.25) is 4.79 Å². The first-order valence-electron chi connectivity index (χ1n) is 7.06. The van der Waals surface area contributed by atoms with E-state index >= 15 is 0 Å². The lowest BCUT2D eigenvalue weighted by Gasteiger charge is -2.19. The Morgan fingerprint density at radius 2 is 1.75 bits per heavy atom. The molecule has 0 radical (unpaired) electrons. The highest BCUT2D eigenvalue weighted by molar-refractivity contribution is 6.06. The molecule has 1 aromatic rings. The smallest absolute Gasteiger partial charge is 0.336 e. The fourth-order valence-corrected chi connectivity index (χ4v) is 2.98. The van der Waals surface area contributed by atoms with Crippen molar-refractivity contribution < 1.29 is 14.7 Å². The summed E-state index contributed by atoms with van der Waals surface area (Å²) in [5.41, 5.74) is 1.74. The van der Waals surface area contributed by atoms with Crippen molar-refractivity contribution in [2.75, 3.05) is 0 Å². The summed E-state index contributed by atoms with van der Waals surface area (Å²) in [4.78, 5) is 23.9. The number of carboxylic acids is 1. The molecule has 1 aliphatic rings. The predicted octanol–water partition coefficient (Wildman–Crippen LogP) is 2.92. The van der Waals surface area contributed by atoms with Gasteiger partial charge >= 0.3 is 5.97 Å². The topological polar surface area (TPSA) is 66.4 Å². The van der Waals surface area contributed by atoms with Gasteiger partial charge in [-0.25, -0.2) is 4.79 Å². The first kappa shape index (κ1) is 14.6. The highest BCUT2D eigenvalue weighted by atomic mass is 16.4. The van der Waals surface area contributed by atoms with Crippen LogP contribution in [0.25, 0.3) is 0 Å². The maximum atomic E-state index is 12.5. The molecule has 1 fully saturated rings. The van der Waals surface area contributed by atoms with Crippen LogP contribution in [0.5, 0.6) is 0 Å². The second kappa shape index (κ2) is 5.65. The van der Waals surface area contributed by atoms with Crippen molar-refractivity contribution >= 4 is 11.9 Å². The van der Waals surface area contributed by atoms with Crippen LogP contribution in [0.2, 0.25) is 0 Å². The van der Waals surface area contributed by atoms with Gasteiger partial charge in [0.15, 0.2) is 0 Å². The molecule has 1 aliphatic carbocycles. The molecule has 1 saturated carbocycles. The summed E-state index contributed by atoms with van der Waals surface area (Å²) < 4.78 is 0. The summed E-state index contributed by atoms with van der Waals surface area (Å²) >= 11 is 0. The van der Waals surface area contributed by atoms with Crippen LogP contribution in [0.15, 0.2) is 12.1 Å². The van der Waals surface area contributed by atoms with Crippen molar-refractivity contribution in [1.29, 1.82) is 0 Å². The van der Waals surface area contributed by atoms with Gasteiger partial charge in [0.2, 0.25) is 0 Å². The van der Waals surface area contributed by atoms with Gasteiger partial charge in [-0.05, 0) is 43.7 Å². The number of hydrogen-bond donors (Lipinski definition) is 2. The molecule has 1 amide bonds. The molecule has 2 unspecified atom stereocenters. The summed E-state index contributed by atoms with van der Waals surface area (Å²) in [5.74, 6) is -0.851. The normalized spacial score (nSPS) is 21.8. The van der Waals surface area contributed by atoms with Gasteiger partial charge in [-0.2, -0.15) is 0 Å². The molecule has 20 heavy (non-hydrogen) atoms. The number of carbonyl (C=O) groups excluding carboxylic acids is 1. The lowest BCUT2D eigenvalue weighted by Crippen LogP contribution is -2.37. The zero-order valence-corrected chi connectivity index (χ0v) is 12.2. The van der Waals surface area contributed by atoms with Gasteiger partial charge in [0.1, 0.15) is 0 Å². The molecule has 0 aliphatic heterocycles. The molecular formula is C16H21NO3. The first-order chi connectivity index (χ1) is 9.41. The van der Waals surface area contributed by atoms with E-state index in [4.69, 9.17) is 0 Å². The SMILES string of the molecule is Cc1ccc(C)c(C(=O)NC2CCCC2C)c1C(=O)O. The van der Waals surface area contributed by atoms with E-state index in [1.165, 1.54) is 0 Å². The number of rotatable bonds is 3. The molecule has 108 valence electrons. The van der Waals surface area contributed by atoms with Crippen molar-refractivity contribution in [3.8, 4) is 0 Å². The van der Waals surface area contributed by atoms with Gasteiger partial charge in [0, 0.05) is 6.04 Å². The third-order valence-electron chi connectivity index (χ3n) is 4.24. The maximum absolute atomic E-state index is 12.5. The molecule has 2 N–H and O–H groups in total. The summed E-state index contributed by atoms with van der Waals surface area (Å²) in [6, 6.07) is 3.70. The minimum Gasteiger partial charge on any atom is -0.478 e. The van der Waals surface area contributed by atoms with Crippen LogP contribution in [-0.4, -0.2) is 23.0 Å². The minimum atomic E-state index is -1.05. The third kappa shape index (κ3) is 2.69. The average molecular weight is 275 g/mol. The number of aryl methyl sites for hydroxylation is 2. The molecule has 1 aromatic carbocycles. The number of carbonyl (C=O) groups is 2. The van der Waals surface area contributed by atoms with Gasteiger partial charge in [-0.1, -0.05) is 25.5 Å². The second-order valence-corrected chi connectivity index (χ2v) is 5.74. The first-order valence-corrected chi connectivity index (χ1v) is 7.06. The van der Waals surface area contributed by atoms with E-state index in [0.717, 1.165) is 19.3 Å². The number of nitrogens with one attached hydrogen (secondary N) is 1. The number of amides is 1. The number of benzene rings is 1. The number of hydrogen-bond acceptors (Lipinski definition) is 2. The van der Waals surface area contributed by atoms with Crippen molar-refractivity contribution in [1.82, 2.24) is 5.32 Å². The molecular weight excluding hydrogens is 254 g/mol. The summed E-state index contributed by atoms with van der Waals surface area (Å²) in [5, 5.41) is 12.4. The van der Waals surface area contributed by atoms with Crippen LogP contribution >= 0.6 is 0 Å². The van der Waals surface area contributed by atoms with E-state index < -0.39 is 5.97 Å². The van der Waals surface area contributed by atoms with E-state index in [9.17, 15) is 14.7 Å². The molecule has 2 rings (SSSR count). The molecule has 0 saturated heterocycles. The van der Waals surface area contributed by atoms with Crippen LogP contribution in [-0.2, 0) is 0 Å². The Hall–Kier alpha value is -1.84. The Balaban J connectivity index is 2.34. The summed E-state index contributed by atoms with van der Waals surface area (Å²) in [6.45, 7) is 5.62. The van der Waals surface area contributed by atoms with E-state index in [1.807, 2.05) is 0 Å². The average Bonchev–Trinajstić information content (AvgIpc) is 2.77. The minimum absolute atomic E-state index is 0.119. The van der Waals surface area contributed by atoms with Crippen LogP contribution in [0.1, 0.15) is 58.0 Å². The van der Waals surface area contributed by atoms with E-state index in [-0.39, 0.29) is 17.5 Å². The van der Waals surface area contributed by atoms with Crippen molar-refractivity contribution in [3.05, 3.63) is 34.4 Å². The Labute approximate surface area is 119 Å². The van der Waals surface area contributed by atoms with Crippen LogP contribution < -0.4 is 5.32 Å². The highest BCUT2D eigenvalue weighted by Gasteiger charge is 2.28. The zero-order chi connectivity index (χ0) is 14.9. The van der Waals surface area contributed by atoms with Gasteiger partial charge in [-0.15, -0.1) is 0 Å². The van der Waals surface area contributed by atoms with Crippen molar-refractivity contribution in [3.63, 3.8) is 0 Å². The van der Waals surface area contributed by atoms with Crippen LogP contribution in [0.3, 0.4) is 0 Å². The predicted molar refractivity (Wildman–Crippen MR) is 77.1 cm³/mol. The Morgan fingerprint density at radius 1 is 1.15 bits per heavy atom. The largest absolute Gasteiger partial charge is 0.478 e. The van der Waals surface area contributed by atoms with E-state index in [2.05, 4.69) is 12.2 Å². The van der Waals surface area contributed by atoms with Crippen LogP contribution in [0.4, 0.5) is 0 Å². The monoisotopic (exact) mass is 275 g/mol. The fourth-order valence-electron chi connectivity index (χ4n) is 2.98. The van der Waals surface area contributed by atoms with Gasteiger partial charge in [0.25, 0.3) is 5.91 Å². The molecule has 4 heteroatoms. The fraction of sp³-hybridized carbons (Fsp3) is 0.500. The summed E-state index contributed by atoms with van der Waals surface area (Å²) in [7, 11) is 0. The third-order valence-corrected chi connectivity index (χ3v) is 4.24. The van der Waals surface area contributed by atoms with Crippen molar-refractivity contribution in [2.24, 2.45) is 5.92 Å². The zero-order valence-electron chi connectivity index (χ0n) is 12.2. The van der Waals surface area contributed by atoms with E-state index in [1.54, 1.807) is 26.0 Å². The number of aromatic carboxylic acids is 1. The molecule has 2 atom stereocenters. The molecule has 0 bridgehead atoms. The second-order valence-electron chi connectivity index (χ2n) is 5.74. The van der Waals surface area contributed by atoms with Crippen molar-refractivity contribution in [2.45, 2.75) is 46.1 Å². The Bertz CT molecular complexity index is 551. The lowest BCUT2D eigenvalue weighted by molar-refractivity contribution is 0.0689. The van der Waals surface area contributed by atoms with Gasteiger partial charge < -0.3 is 10.4 Å². The molecule has 0 aromatic heterocycles.